The van der Waals surface area contributed by atoms with Crippen LogP contribution in [0.5, 0.6) is 0 Å². The number of hydrogen-bond acceptors (Lipinski definition) is 3. The summed E-state index contributed by atoms with van der Waals surface area (Å²) in [5, 5.41) is 4.80. The molecule has 0 radical (unpaired) electrons. The minimum absolute atomic E-state index is 0.587. The van der Waals surface area contributed by atoms with Gasteiger partial charge in [0.05, 0.1) is 5.52 Å². The van der Waals surface area contributed by atoms with Crippen LogP contribution in [0.3, 0.4) is 0 Å². The first-order chi connectivity index (χ1) is 16.4. The van der Waals surface area contributed by atoms with Crippen molar-refractivity contribution < 1.29 is 0 Å². The number of aromatic nitrogens is 1. The number of halogens is 1. The highest BCUT2D eigenvalue weighted by Gasteiger charge is 2.13. The fourth-order valence-corrected chi connectivity index (χ4v) is 4.83. The SMILES string of the molecule is CCCN(CCC(C)CCCc1ccccc1)Cc1cc(NCC(C)C)nc2cc(Br)ccc12. The van der Waals surface area contributed by atoms with E-state index >= 15 is 0 Å². The normalized spacial score (nSPS) is 12.6. The summed E-state index contributed by atoms with van der Waals surface area (Å²) in [4.78, 5) is 7.53. The Labute approximate surface area is 215 Å². The van der Waals surface area contributed by atoms with Crippen LogP contribution < -0.4 is 5.32 Å². The molecule has 3 aromatic rings. The fourth-order valence-electron chi connectivity index (χ4n) is 4.48. The number of anilines is 1. The van der Waals surface area contributed by atoms with E-state index in [2.05, 4.69) is 108 Å². The molecule has 0 aliphatic rings. The van der Waals surface area contributed by atoms with Crippen LogP contribution in [-0.4, -0.2) is 29.5 Å². The second-order valence-electron chi connectivity index (χ2n) is 10.2. The lowest BCUT2D eigenvalue weighted by Gasteiger charge is -2.25. The molecule has 0 amide bonds. The molecule has 34 heavy (non-hydrogen) atoms. The topological polar surface area (TPSA) is 28.2 Å². The van der Waals surface area contributed by atoms with Gasteiger partial charge in [0.15, 0.2) is 0 Å². The zero-order valence-electron chi connectivity index (χ0n) is 21.5. The average Bonchev–Trinajstić information content (AvgIpc) is 2.81. The molecule has 0 aliphatic heterocycles. The Kier molecular flexibility index (Phi) is 10.9. The van der Waals surface area contributed by atoms with Crippen LogP contribution >= 0.6 is 15.9 Å². The molecule has 0 spiro atoms. The largest absolute Gasteiger partial charge is 0.370 e. The lowest BCUT2D eigenvalue weighted by atomic mass is 9.98. The van der Waals surface area contributed by atoms with Gasteiger partial charge in [-0.2, -0.15) is 0 Å². The van der Waals surface area contributed by atoms with E-state index in [0.717, 1.165) is 47.9 Å². The van der Waals surface area contributed by atoms with Crippen LogP contribution in [0.15, 0.2) is 59.1 Å². The van der Waals surface area contributed by atoms with E-state index in [9.17, 15) is 0 Å². The first kappa shape index (κ1) is 26.7. The van der Waals surface area contributed by atoms with E-state index in [4.69, 9.17) is 4.98 Å². The first-order valence-electron chi connectivity index (χ1n) is 13.0. The second-order valence-corrected chi connectivity index (χ2v) is 11.1. The summed E-state index contributed by atoms with van der Waals surface area (Å²) in [5.74, 6) is 2.32. The zero-order valence-corrected chi connectivity index (χ0v) is 23.1. The number of fused-ring (bicyclic) bond motifs is 1. The van der Waals surface area contributed by atoms with Crippen molar-refractivity contribution in [3.05, 3.63) is 70.2 Å². The van der Waals surface area contributed by atoms with E-state index in [1.807, 2.05) is 0 Å². The quantitative estimate of drug-likeness (QED) is 0.230. The van der Waals surface area contributed by atoms with Crippen LogP contribution in [0.25, 0.3) is 10.9 Å². The molecule has 2 aromatic carbocycles. The van der Waals surface area contributed by atoms with Crippen LogP contribution in [0, 0.1) is 11.8 Å². The predicted octanol–water partition coefficient (Wildman–Crippen LogP) is 8.33. The molecule has 0 fully saturated rings. The van der Waals surface area contributed by atoms with Gasteiger partial charge in [-0.25, -0.2) is 4.98 Å². The number of nitrogens with one attached hydrogen (secondary N) is 1. The fraction of sp³-hybridized carbons (Fsp3) is 0.500. The molecule has 0 bridgehead atoms. The molecule has 0 saturated heterocycles. The van der Waals surface area contributed by atoms with Crippen LogP contribution in [0.4, 0.5) is 5.82 Å². The lowest BCUT2D eigenvalue weighted by Crippen LogP contribution is -2.26. The number of pyridine rings is 1. The van der Waals surface area contributed by atoms with Crippen molar-refractivity contribution in [3.8, 4) is 0 Å². The smallest absolute Gasteiger partial charge is 0.126 e. The number of aryl methyl sites for hydroxylation is 1. The maximum atomic E-state index is 4.90. The van der Waals surface area contributed by atoms with Crippen LogP contribution in [0.1, 0.15) is 64.5 Å². The molecule has 1 atom stereocenters. The molecule has 0 aliphatic carbocycles. The molecule has 3 nitrogen and oxygen atoms in total. The van der Waals surface area contributed by atoms with Gasteiger partial charge in [0.25, 0.3) is 0 Å². The third-order valence-corrected chi connectivity index (χ3v) is 6.92. The molecule has 184 valence electrons. The van der Waals surface area contributed by atoms with E-state index < -0.39 is 0 Å². The van der Waals surface area contributed by atoms with Gasteiger partial charge in [0.1, 0.15) is 5.82 Å². The Balaban J connectivity index is 1.63. The van der Waals surface area contributed by atoms with Crippen molar-refractivity contribution in [2.45, 2.75) is 66.3 Å². The minimum atomic E-state index is 0.587. The van der Waals surface area contributed by atoms with Gasteiger partial charge in [-0.1, -0.05) is 86.4 Å². The van der Waals surface area contributed by atoms with E-state index in [-0.39, 0.29) is 0 Å². The highest BCUT2D eigenvalue weighted by molar-refractivity contribution is 9.10. The van der Waals surface area contributed by atoms with Crippen molar-refractivity contribution in [3.63, 3.8) is 0 Å². The van der Waals surface area contributed by atoms with Crippen molar-refractivity contribution in [1.29, 1.82) is 0 Å². The number of benzene rings is 2. The van der Waals surface area contributed by atoms with Crippen LogP contribution in [-0.2, 0) is 13.0 Å². The third-order valence-electron chi connectivity index (χ3n) is 6.43. The van der Waals surface area contributed by atoms with Crippen molar-refractivity contribution in [1.82, 2.24) is 9.88 Å². The Morgan fingerprint density at radius 3 is 2.50 bits per heavy atom. The summed E-state index contributed by atoms with van der Waals surface area (Å²) in [5.41, 5.74) is 3.89. The highest BCUT2D eigenvalue weighted by atomic mass is 79.9. The summed E-state index contributed by atoms with van der Waals surface area (Å²) >= 11 is 3.62. The van der Waals surface area contributed by atoms with Gasteiger partial charge in [-0.15, -0.1) is 0 Å². The van der Waals surface area contributed by atoms with Gasteiger partial charge in [-0.3, -0.25) is 4.90 Å². The molecule has 4 heteroatoms. The van der Waals surface area contributed by atoms with Crippen LogP contribution in [0.2, 0.25) is 0 Å². The number of hydrogen-bond donors (Lipinski definition) is 1. The summed E-state index contributed by atoms with van der Waals surface area (Å²) in [6.07, 6.45) is 6.18. The Morgan fingerprint density at radius 2 is 1.76 bits per heavy atom. The van der Waals surface area contributed by atoms with E-state index in [1.54, 1.807) is 0 Å². The lowest BCUT2D eigenvalue weighted by molar-refractivity contribution is 0.244. The highest BCUT2D eigenvalue weighted by Crippen LogP contribution is 2.26. The second kappa shape index (κ2) is 13.8. The zero-order chi connectivity index (χ0) is 24.3. The number of nitrogens with zero attached hydrogens (tertiary/aromatic N) is 2. The van der Waals surface area contributed by atoms with Gasteiger partial charge in [0, 0.05) is 22.9 Å². The molecule has 1 aromatic heterocycles. The maximum Gasteiger partial charge on any atom is 0.126 e. The van der Waals surface area contributed by atoms with E-state index in [1.165, 1.54) is 48.6 Å². The van der Waals surface area contributed by atoms with Gasteiger partial charge >= 0.3 is 0 Å². The molecular weight excluding hydrogens is 482 g/mol. The van der Waals surface area contributed by atoms with Gasteiger partial charge in [0.2, 0.25) is 0 Å². The minimum Gasteiger partial charge on any atom is -0.370 e. The Bertz CT molecular complexity index is 1000. The molecule has 1 N–H and O–H groups in total. The monoisotopic (exact) mass is 523 g/mol. The predicted molar refractivity (Wildman–Crippen MR) is 151 cm³/mol. The van der Waals surface area contributed by atoms with E-state index in [0.29, 0.717) is 5.92 Å². The summed E-state index contributed by atoms with van der Waals surface area (Å²) in [7, 11) is 0. The molecule has 3 rings (SSSR count). The molecule has 0 saturated carbocycles. The van der Waals surface area contributed by atoms with Gasteiger partial charge in [-0.05, 0) is 79.9 Å². The molecular formula is C30H42BrN3. The summed E-state index contributed by atoms with van der Waals surface area (Å²) < 4.78 is 1.08. The first-order valence-corrected chi connectivity index (χ1v) is 13.8. The third kappa shape index (κ3) is 8.70. The Hall–Kier alpha value is -1.91. The molecule has 1 unspecified atom stereocenters. The standard InChI is InChI=1S/C30H42BrN3/c1-5-17-34(18-16-24(4)10-9-13-25-11-7-6-8-12-25)22-26-19-30(32-21-23(2)3)33-29-20-27(31)14-15-28(26)29/h6-8,11-12,14-15,19-20,23-24H,5,9-10,13,16-18,21-22H2,1-4H3,(H,32,33). The number of rotatable bonds is 14. The summed E-state index contributed by atoms with van der Waals surface area (Å²) in [6.45, 7) is 13.4. The average molecular weight is 525 g/mol. The van der Waals surface area contributed by atoms with Crippen molar-refractivity contribution in [2.75, 3.05) is 25.0 Å². The summed E-state index contributed by atoms with van der Waals surface area (Å²) in [6, 6.07) is 19.6. The van der Waals surface area contributed by atoms with Crippen molar-refractivity contribution >= 4 is 32.7 Å². The van der Waals surface area contributed by atoms with Crippen molar-refractivity contribution in [2.24, 2.45) is 11.8 Å². The van der Waals surface area contributed by atoms with Gasteiger partial charge < -0.3 is 5.32 Å². The maximum absolute atomic E-state index is 4.90. The molecule has 1 heterocycles. The Morgan fingerprint density at radius 1 is 0.971 bits per heavy atom.